The van der Waals surface area contributed by atoms with Crippen LogP contribution >= 0.6 is 12.4 Å². The molecule has 0 amide bonds. The molecule has 20 heavy (non-hydrogen) atoms. The van der Waals surface area contributed by atoms with E-state index in [-0.39, 0.29) is 18.2 Å². The number of fused-ring (bicyclic) bond motifs is 1. The van der Waals surface area contributed by atoms with Crippen molar-refractivity contribution in [2.75, 3.05) is 7.11 Å². The van der Waals surface area contributed by atoms with Gasteiger partial charge in [-0.1, -0.05) is 12.1 Å². The normalized spacial score (nSPS) is 10.1. The lowest BCUT2D eigenvalue weighted by atomic mass is 10.0. The van der Waals surface area contributed by atoms with Gasteiger partial charge in [-0.3, -0.25) is 0 Å². The summed E-state index contributed by atoms with van der Waals surface area (Å²) in [6, 6.07) is 10.2. The van der Waals surface area contributed by atoms with Crippen LogP contribution in [0.3, 0.4) is 0 Å². The zero-order valence-corrected chi connectivity index (χ0v) is 11.5. The van der Waals surface area contributed by atoms with Crippen molar-refractivity contribution in [3.05, 3.63) is 54.7 Å². The van der Waals surface area contributed by atoms with Crippen LogP contribution in [0.1, 0.15) is 0 Å². The monoisotopic (exact) mass is 290 g/mol. The van der Waals surface area contributed by atoms with Crippen LogP contribution in [0.2, 0.25) is 0 Å². The van der Waals surface area contributed by atoms with Gasteiger partial charge in [0.05, 0.1) is 7.11 Å². The second kappa shape index (κ2) is 5.84. The molecule has 3 rings (SSSR count). The Morgan fingerprint density at radius 3 is 2.50 bits per heavy atom. The summed E-state index contributed by atoms with van der Waals surface area (Å²) in [6.45, 7) is 0. The van der Waals surface area contributed by atoms with Gasteiger partial charge in [-0.2, -0.15) is 0 Å². The molecular formula is C15H12ClFN2O. The predicted octanol–water partition coefficient (Wildman–Crippen LogP) is 3.87. The Bertz CT molecular complexity index is 732. The highest BCUT2D eigenvalue weighted by Gasteiger charge is 2.07. The van der Waals surface area contributed by atoms with Crippen LogP contribution < -0.4 is 4.74 Å². The molecule has 0 spiro atoms. The Morgan fingerprint density at radius 2 is 1.80 bits per heavy atom. The van der Waals surface area contributed by atoms with Crippen molar-refractivity contribution in [1.82, 2.24) is 9.97 Å². The molecular weight excluding hydrogens is 279 g/mol. The van der Waals surface area contributed by atoms with Crippen LogP contribution in [-0.2, 0) is 0 Å². The van der Waals surface area contributed by atoms with Gasteiger partial charge in [0, 0.05) is 11.6 Å². The van der Waals surface area contributed by atoms with Gasteiger partial charge in [0.1, 0.15) is 23.4 Å². The Kier molecular flexibility index (Phi) is 4.15. The predicted molar refractivity (Wildman–Crippen MR) is 78.7 cm³/mol. The second-order valence-electron chi connectivity index (χ2n) is 4.15. The minimum absolute atomic E-state index is 0. The fourth-order valence-electron chi connectivity index (χ4n) is 2.04. The summed E-state index contributed by atoms with van der Waals surface area (Å²) in [4.78, 5) is 8.22. The maximum absolute atomic E-state index is 13.0. The lowest BCUT2D eigenvalue weighted by molar-refractivity contribution is 0.419. The Morgan fingerprint density at radius 1 is 1.05 bits per heavy atom. The van der Waals surface area contributed by atoms with Crippen LogP contribution in [0.5, 0.6) is 5.75 Å². The van der Waals surface area contributed by atoms with Gasteiger partial charge in [-0.05, 0) is 35.4 Å². The molecule has 0 aliphatic heterocycles. The van der Waals surface area contributed by atoms with E-state index in [1.165, 1.54) is 18.5 Å². The number of aromatic nitrogens is 2. The first-order valence-electron chi connectivity index (χ1n) is 5.81. The van der Waals surface area contributed by atoms with Crippen molar-refractivity contribution >= 4 is 23.3 Å². The van der Waals surface area contributed by atoms with Crippen molar-refractivity contribution in [1.29, 1.82) is 0 Å². The molecule has 0 radical (unpaired) electrons. The fraction of sp³-hybridized carbons (Fsp3) is 0.0667. The summed E-state index contributed by atoms with van der Waals surface area (Å²) in [6.07, 6.45) is 3.22. The summed E-state index contributed by atoms with van der Waals surface area (Å²) in [5.41, 5.74) is 2.63. The van der Waals surface area contributed by atoms with Crippen molar-refractivity contribution < 1.29 is 9.13 Å². The van der Waals surface area contributed by atoms with Crippen LogP contribution in [0.25, 0.3) is 22.0 Å². The molecule has 0 saturated heterocycles. The Balaban J connectivity index is 0.00000147. The van der Waals surface area contributed by atoms with Crippen LogP contribution in [0.4, 0.5) is 4.39 Å². The number of benzene rings is 2. The van der Waals surface area contributed by atoms with Gasteiger partial charge in [-0.25, -0.2) is 14.4 Å². The number of nitrogens with zero attached hydrogens (tertiary/aromatic N) is 2. The third-order valence-electron chi connectivity index (χ3n) is 2.97. The summed E-state index contributed by atoms with van der Waals surface area (Å²) in [7, 11) is 1.60. The van der Waals surface area contributed by atoms with E-state index in [9.17, 15) is 4.39 Å². The highest BCUT2D eigenvalue weighted by atomic mass is 35.5. The first-order valence-corrected chi connectivity index (χ1v) is 5.81. The van der Waals surface area contributed by atoms with E-state index in [0.717, 1.165) is 22.0 Å². The van der Waals surface area contributed by atoms with Crippen LogP contribution in [-0.4, -0.2) is 17.1 Å². The minimum atomic E-state index is -0.250. The third-order valence-corrected chi connectivity index (χ3v) is 2.97. The number of hydrogen-bond donors (Lipinski definition) is 0. The molecule has 5 heteroatoms. The number of hydrogen-bond acceptors (Lipinski definition) is 3. The SMILES string of the molecule is COc1cc(-c2ccc(F)cc2)cc2cncnc12.Cl. The molecule has 3 aromatic rings. The quantitative estimate of drug-likeness (QED) is 0.719. The Labute approximate surface area is 121 Å². The van der Waals surface area contributed by atoms with Gasteiger partial charge >= 0.3 is 0 Å². The highest BCUT2D eigenvalue weighted by Crippen LogP contribution is 2.30. The topological polar surface area (TPSA) is 35.0 Å². The van der Waals surface area contributed by atoms with Gasteiger partial charge in [0.15, 0.2) is 0 Å². The maximum Gasteiger partial charge on any atom is 0.145 e. The lowest BCUT2D eigenvalue weighted by Crippen LogP contribution is -1.90. The van der Waals surface area contributed by atoms with E-state index in [0.29, 0.717) is 5.75 Å². The van der Waals surface area contributed by atoms with E-state index in [1.807, 2.05) is 12.1 Å². The average Bonchev–Trinajstić information content (AvgIpc) is 2.47. The minimum Gasteiger partial charge on any atom is -0.494 e. The average molecular weight is 291 g/mol. The molecule has 1 aromatic heterocycles. The molecule has 0 aliphatic rings. The lowest BCUT2D eigenvalue weighted by Gasteiger charge is -2.08. The fourth-order valence-corrected chi connectivity index (χ4v) is 2.04. The molecule has 0 fully saturated rings. The molecule has 0 bridgehead atoms. The van der Waals surface area contributed by atoms with Crippen molar-refractivity contribution in [3.63, 3.8) is 0 Å². The molecule has 102 valence electrons. The number of methoxy groups -OCH3 is 1. The second-order valence-corrected chi connectivity index (χ2v) is 4.15. The van der Waals surface area contributed by atoms with Crippen molar-refractivity contribution in [2.24, 2.45) is 0 Å². The summed E-state index contributed by atoms with van der Waals surface area (Å²) < 4.78 is 18.3. The summed E-state index contributed by atoms with van der Waals surface area (Å²) in [5, 5.41) is 0.890. The largest absolute Gasteiger partial charge is 0.494 e. The molecule has 0 unspecified atom stereocenters. The van der Waals surface area contributed by atoms with E-state index >= 15 is 0 Å². The highest BCUT2D eigenvalue weighted by molar-refractivity contribution is 5.89. The molecule has 3 nitrogen and oxygen atoms in total. The Hall–Kier alpha value is -2.20. The van der Waals surface area contributed by atoms with E-state index in [4.69, 9.17) is 4.74 Å². The van der Waals surface area contributed by atoms with Crippen LogP contribution in [0.15, 0.2) is 48.9 Å². The van der Waals surface area contributed by atoms with E-state index in [1.54, 1.807) is 25.4 Å². The zero-order valence-electron chi connectivity index (χ0n) is 10.7. The van der Waals surface area contributed by atoms with Gasteiger partial charge in [0.25, 0.3) is 0 Å². The van der Waals surface area contributed by atoms with Gasteiger partial charge < -0.3 is 4.74 Å². The maximum atomic E-state index is 13.0. The third kappa shape index (κ3) is 2.56. The number of halogens is 2. The summed E-state index contributed by atoms with van der Waals surface area (Å²) >= 11 is 0. The zero-order chi connectivity index (χ0) is 13.2. The molecule has 2 aromatic carbocycles. The number of ether oxygens (including phenoxy) is 1. The van der Waals surface area contributed by atoms with Crippen LogP contribution in [0, 0.1) is 5.82 Å². The molecule has 0 N–H and O–H groups in total. The van der Waals surface area contributed by atoms with Crippen molar-refractivity contribution in [3.8, 4) is 16.9 Å². The first-order chi connectivity index (χ1) is 9.28. The van der Waals surface area contributed by atoms with Gasteiger partial charge in [0.2, 0.25) is 0 Å². The standard InChI is InChI=1S/C15H11FN2O.ClH/c1-19-14-7-11(10-2-4-13(16)5-3-10)6-12-8-17-9-18-15(12)14;/h2-9H,1H3;1H. The van der Waals surface area contributed by atoms with E-state index < -0.39 is 0 Å². The van der Waals surface area contributed by atoms with E-state index in [2.05, 4.69) is 9.97 Å². The molecule has 1 heterocycles. The van der Waals surface area contributed by atoms with Gasteiger partial charge in [-0.15, -0.1) is 12.4 Å². The molecule has 0 atom stereocenters. The first kappa shape index (κ1) is 14.2. The summed E-state index contributed by atoms with van der Waals surface area (Å²) in [5.74, 6) is 0.430. The smallest absolute Gasteiger partial charge is 0.145 e. The number of rotatable bonds is 2. The van der Waals surface area contributed by atoms with Crippen molar-refractivity contribution in [2.45, 2.75) is 0 Å². The molecule has 0 aliphatic carbocycles. The molecule has 0 saturated carbocycles.